The summed E-state index contributed by atoms with van der Waals surface area (Å²) in [7, 11) is 4.67. The van der Waals surface area contributed by atoms with E-state index in [1.54, 1.807) is 74.9 Å². The predicted octanol–water partition coefficient (Wildman–Crippen LogP) is 5.20. The van der Waals surface area contributed by atoms with Gasteiger partial charge in [0.15, 0.2) is 0 Å². The molecule has 3 rings (SSSR count). The number of carbonyl (C=O) groups is 1. The average Bonchev–Trinajstić information content (AvgIpc) is 2.78. The highest BCUT2D eigenvalue weighted by molar-refractivity contribution is 6.30. The SMILES string of the molecule is COc1ccc(OC)c(NC(=O)c2ccc(OC)c(COc3ccc(Cl)cc3)c2)c1. The lowest BCUT2D eigenvalue weighted by Gasteiger charge is -2.14. The highest BCUT2D eigenvalue weighted by Gasteiger charge is 2.14. The van der Waals surface area contributed by atoms with Gasteiger partial charge in [0.2, 0.25) is 0 Å². The summed E-state index contributed by atoms with van der Waals surface area (Å²) in [4.78, 5) is 12.8. The van der Waals surface area contributed by atoms with Crippen molar-refractivity contribution in [2.45, 2.75) is 6.61 Å². The van der Waals surface area contributed by atoms with E-state index in [1.807, 2.05) is 0 Å². The van der Waals surface area contributed by atoms with Crippen molar-refractivity contribution in [1.29, 1.82) is 0 Å². The maximum absolute atomic E-state index is 12.8. The Hall–Kier alpha value is -3.38. The molecule has 1 N–H and O–H groups in total. The van der Waals surface area contributed by atoms with Gasteiger partial charge in [0.1, 0.15) is 29.6 Å². The maximum Gasteiger partial charge on any atom is 0.255 e. The Morgan fingerprint density at radius 1 is 0.833 bits per heavy atom. The molecule has 7 heteroatoms. The zero-order valence-corrected chi connectivity index (χ0v) is 17.7. The molecular weight excluding hydrogens is 406 g/mol. The number of benzene rings is 3. The first-order chi connectivity index (χ1) is 14.5. The van der Waals surface area contributed by atoms with Gasteiger partial charge in [0, 0.05) is 22.2 Å². The lowest BCUT2D eigenvalue weighted by molar-refractivity contribution is 0.102. The number of ether oxygens (including phenoxy) is 4. The zero-order valence-electron chi connectivity index (χ0n) is 16.9. The number of carbonyl (C=O) groups excluding carboxylic acids is 1. The van der Waals surface area contributed by atoms with E-state index in [1.165, 1.54) is 7.11 Å². The molecule has 0 unspecified atom stereocenters. The standard InChI is InChI=1S/C23H22ClNO5/c1-27-19-9-11-22(29-3)20(13-19)25-23(26)15-4-10-21(28-2)16(12-15)14-30-18-7-5-17(24)6-8-18/h4-13H,14H2,1-3H3,(H,25,26). The lowest BCUT2D eigenvalue weighted by atomic mass is 10.1. The number of hydrogen-bond acceptors (Lipinski definition) is 5. The van der Waals surface area contributed by atoms with E-state index in [2.05, 4.69) is 5.32 Å². The van der Waals surface area contributed by atoms with Crippen molar-refractivity contribution < 1.29 is 23.7 Å². The Morgan fingerprint density at radius 2 is 1.50 bits per heavy atom. The molecule has 0 atom stereocenters. The molecule has 0 aliphatic rings. The minimum Gasteiger partial charge on any atom is -0.497 e. The number of amides is 1. The molecule has 0 aromatic heterocycles. The summed E-state index contributed by atoms with van der Waals surface area (Å²) in [5.41, 5.74) is 1.70. The minimum absolute atomic E-state index is 0.231. The van der Waals surface area contributed by atoms with Crippen molar-refractivity contribution in [2.24, 2.45) is 0 Å². The van der Waals surface area contributed by atoms with E-state index in [0.717, 1.165) is 5.56 Å². The van der Waals surface area contributed by atoms with Gasteiger partial charge in [-0.2, -0.15) is 0 Å². The molecule has 0 aliphatic carbocycles. The van der Waals surface area contributed by atoms with E-state index >= 15 is 0 Å². The van der Waals surface area contributed by atoms with E-state index in [4.69, 9.17) is 30.5 Å². The van der Waals surface area contributed by atoms with E-state index in [-0.39, 0.29) is 12.5 Å². The fourth-order valence-corrected chi connectivity index (χ4v) is 2.96. The van der Waals surface area contributed by atoms with E-state index in [9.17, 15) is 4.79 Å². The molecule has 1 amide bonds. The van der Waals surface area contributed by atoms with Crippen molar-refractivity contribution >= 4 is 23.2 Å². The third kappa shape index (κ3) is 5.15. The molecule has 30 heavy (non-hydrogen) atoms. The smallest absolute Gasteiger partial charge is 0.255 e. The monoisotopic (exact) mass is 427 g/mol. The Labute approximate surface area is 180 Å². The molecule has 0 heterocycles. The second-order valence-electron chi connectivity index (χ2n) is 6.29. The van der Waals surface area contributed by atoms with Crippen LogP contribution >= 0.6 is 11.6 Å². The van der Waals surface area contributed by atoms with Crippen molar-refractivity contribution in [3.63, 3.8) is 0 Å². The number of anilines is 1. The summed E-state index contributed by atoms with van der Waals surface area (Å²) < 4.78 is 21.7. The van der Waals surface area contributed by atoms with Crippen LogP contribution in [0.4, 0.5) is 5.69 Å². The Bertz CT molecular complexity index is 1020. The van der Waals surface area contributed by atoms with Crippen molar-refractivity contribution in [2.75, 3.05) is 26.6 Å². The van der Waals surface area contributed by atoms with E-state index < -0.39 is 0 Å². The summed E-state index contributed by atoms with van der Waals surface area (Å²) >= 11 is 5.90. The largest absolute Gasteiger partial charge is 0.497 e. The van der Waals surface area contributed by atoms with Crippen LogP contribution < -0.4 is 24.3 Å². The fourth-order valence-electron chi connectivity index (χ4n) is 2.83. The predicted molar refractivity (Wildman–Crippen MR) is 116 cm³/mol. The number of halogens is 1. The van der Waals surface area contributed by atoms with Gasteiger partial charge in [-0.3, -0.25) is 4.79 Å². The zero-order chi connectivity index (χ0) is 21.5. The Morgan fingerprint density at radius 3 is 2.17 bits per heavy atom. The second kappa shape index (κ2) is 9.89. The van der Waals surface area contributed by atoms with Crippen molar-refractivity contribution in [3.8, 4) is 23.0 Å². The molecule has 0 spiro atoms. The highest BCUT2D eigenvalue weighted by Crippen LogP contribution is 2.30. The van der Waals surface area contributed by atoms with Crippen LogP contribution in [0.2, 0.25) is 5.02 Å². The average molecular weight is 428 g/mol. The first-order valence-electron chi connectivity index (χ1n) is 9.12. The van der Waals surface area contributed by atoms with Gasteiger partial charge in [-0.05, 0) is 54.6 Å². The molecule has 3 aromatic carbocycles. The molecule has 3 aromatic rings. The number of methoxy groups -OCH3 is 3. The summed E-state index contributed by atoms with van der Waals surface area (Å²) in [6.07, 6.45) is 0. The molecule has 156 valence electrons. The Balaban J connectivity index is 1.79. The number of rotatable bonds is 8. The van der Waals surface area contributed by atoms with Gasteiger partial charge in [0.05, 0.1) is 27.0 Å². The first kappa shape index (κ1) is 21.3. The molecule has 0 aliphatic heterocycles. The third-order valence-electron chi connectivity index (χ3n) is 4.41. The summed E-state index contributed by atoms with van der Waals surface area (Å²) in [5.74, 6) is 2.13. The van der Waals surface area contributed by atoms with Gasteiger partial charge < -0.3 is 24.3 Å². The van der Waals surface area contributed by atoms with Crippen LogP contribution in [0.25, 0.3) is 0 Å². The minimum atomic E-state index is -0.294. The van der Waals surface area contributed by atoms with Gasteiger partial charge in [0.25, 0.3) is 5.91 Å². The van der Waals surface area contributed by atoms with Crippen LogP contribution in [0.5, 0.6) is 23.0 Å². The van der Waals surface area contributed by atoms with Crippen LogP contribution in [0, 0.1) is 0 Å². The topological polar surface area (TPSA) is 66.0 Å². The normalized spacial score (nSPS) is 10.3. The van der Waals surface area contributed by atoms with E-state index in [0.29, 0.717) is 39.3 Å². The third-order valence-corrected chi connectivity index (χ3v) is 4.66. The van der Waals surface area contributed by atoms with Crippen LogP contribution in [-0.4, -0.2) is 27.2 Å². The van der Waals surface area contributed by atoms with Crippen LogP contribution in [0.15, 0.2) is 60.7 Å². The Kier molecular flexibility index (Phi) is 7.03. The van der Waals surface area contributed by atoms with Crippen molar-refractivity contribution in [1.82, 2.24) is 0 Å². The van der Waals surface area contributed by atoms with Crippen LogP contribution in [0.3, 0.4) is 0 Å². The second-order valence-corrected chi connectivity index (χ2v) is 6.73. The fraction of sp³-hybridized carbons (Fsp3) is 0.174. The first-order valence-corrected chi connectivity index (χ1v) is 9.50. The molecule has 0 radical (unpaired) electrons. The maximum atomic E-state index is 12.8. The van der Waals surface area contributed by atoms with Gasteiger partial charge in [-0.15, -0.1) is 0 Å². The van der Waals surface area contributed by atoms with Gasteiger partial charge in [-0.1, -0.05) is 11.6 Å². The van der Waals surface area contributed by atoms with Gasteiger partial charge in [-0.25, -0.2) is 0 Å². The molecule has 0 saturated carbocycles. The number of hydrogen-bond donors (Lipinski definition) is 1. The summed E-state index contributed by atoms with van der Waals surface area (Å²) in [6, 6.07) is 17.4. The van der Waals surface area contributed by atoms with Crippen molar-refractivity contribution in [3.05, 3.63) is 76.8 Å². The quantitative estimate of drug-likeness (QED) is 0.535. The lowest BCUT2D eigenvalue weighted by Crippen LogP contribution is -2.13. The molecule has 6 nitrogen and oxygen atoms in total. The highest BCUT2D eigenvalue weighted by atomic mass is 35.5. The van der Waals surface area contributed by atoms with Crippen LogP contribution in [0.1, 0.15) is 15.9 Å². The summed E-state index contributed by atoms with van der Waals surface area (Å²) in [6.45, 7) is 0.231. The molecule has 0 saturated heterocycles. The van der Waals surface area contributed by atoms with Crippen LogP contribution in [-0.2, 0) is 6.61 Å². The number of nitrogens with one attached hydrogen (secondary N) is 1. The summed E-state index contributed by atoms with van der Waals surface area (Å²) in [5, 5.41) is 3.49. The van der Waals surface area contributed by atoms with Gasteiger partial charge >= 0.3 is 0 Å². The molecule has 0 fully saturated rings. The molecule has 0 bridgehead atoms. The molecular formula is C23H22ClNO5.